The van der Waals surface area contributed by atoms with Gasteiger partial charge in [0.1, 0.15) is 12.4 Å². The second kappa shape index (κ2) is 14.3. The van der Waals surface area contributed by atoms with Gasteiger partial charge in [-0.05, 0) is 58.1 Å². The minimum absolute atomic E-state index is 0.0994. The van der Waals surface area contributed by atoms with Gasteiger partial charge in [-0.3, -0.25) is 4.90 Å². The number of fused-ring (bicyclic) bond motifs is 1. The number of nitrogens with one attached hydrogen (secondary N) is 2. The molecule has 2 fully saturated rings. The smallest absolute Gasteiger partial charge is 0.323 e. The van der Waals surface area contributed by atoms with E-state index < -0.39 is 0 Å². The molecular formula is C33H44BrN5O4. The number of carbonyl (C=O) groups is 1. The molecule has 2 heterocycles. The lowest BCUT2D eigenvalue weighted by molar-refractivity contribution is 0.0322. The summed E-state index contributed by atoms with van der Waals surface area (Å²) in [6.45, 7) is 17.2. The normalized spacial score (nSPS) is 16.7. The number of urea groups is 1. The van der Waals surface area contributed by atoms with Gasteiger partial charge < -0.3 is 29.9 Å². The molecule has 2 amide bonds. The Kier molecular flexibility index (Phi) is 10.5. The zero-order valence-electron chi connectivity index (χ0n) is 25.7. The van der Waals surface area contributed by atoms with Gasteiger partial charge >= 0.3 is 6.03 Å². The minimum Gasteiger partial charge on any atom is -0.492 e. The number of carbonyl (C=O) groups excluding carboxylic acids is 1. The first-order valence-corrected chi connectivity index (χ1v) is 16.0. The summed E-state index contributed by atoms with van der Waals surface area (Å²) in [6, 6.07) is 15.8. The Morgan fingerprint density at radius 2 is 1.58 bits per heavy atom. The van der Waals surface area contributed by atoms with Crippen LogP contribution in [0, 0.1) is 0 Å². The van der Waals surface area contributed by atoms with Gasteiger partial charge in [0, 0.05) is 54.5 Å². The number of hydrogen-bond donors (Lipinski definition) is 2. The lowest BCUT2D eigenvalue weighted by Gasteiger charge is -2.40. The predicted molar refractivity (Wildman–Crippen MR) is 178 cm³/mol. The number of ether oxygens (including phenoxy) is 3. The van der Waals surface area contributed by atoms with Crippen molar-refractivity contribution in [2.75, 3.05) is 87.9 Å². The first-order valence-electron chi connectivity index (χ1n) is 15.2. The van der Waals surface area contributed by atoms with Gasteiger partial charge in [-0.1, -0.05) is 45.0 Å². The third kappa shape index (κ3) is 7.80. The molecule has 3 aromatic carbocycles. The zero-order valence-corrected chi connectivity index (χ0v) is 27.3. The number of rotatable bonds is 9. The van der Waals surface area contributed by atoms with Crippen LogP contribution in [0.2, 0.25) is 0 Å². The average Bonchev–Trinajstić information content (AvgIpc) is 3.00. The largest absolute Gasteiger partial charge is 0.492 e. The molecule has 2 aliphatic rings. The van der Waals surface area contributed by atoms with E-state index in [4.69, 9.17) is 14.2 Å². The highest BCUT2D eigenvalue weighted by Crippen LogP contribution is 2.40. The van der Waals surface area contributed by atoms with Crippen LogP contribution < -0.4 is 20.4 Å². The van der Waals surface area contributed by atoms with Crippen molar-refractivity contribution in [3.05, 3.63) is 58.6 Å². The molecule has 10 heteroatoms. The highest BCUT2D eigenvalue weighted by atomic mass is 79.9. The number of amides is 2. The molecule has 0 saturated carbocycles. The Hall–Kier alpha value is -2.89. The van der Waals surface area contributed by atoms with E-state index >= 15 is 0 Å². The standard InChI is InChI=1S/C33H44BrN5O4/c1-5-39(38-15-19-42-20-16-38)31-27(34)22-24(33(2,3)4)23-29(31)36-32(40)35-28-10-11-30(26-9-7-6-8-25(26)28)43-21-14-37-12-17-41-18-13-37/h6-11,22-23H,5,12-21H2,1-4H3,(H2,35,36,40). The molecule has 5 rings (SSSR count). The van der Waals surface area contributed by atoms with E-state index in [0.717, 1.165) is 96.1 Å². The maximum Gasteiger partial charge on any atom is 0.323 e. The number of morpholine rings is 2. The zero-order chi connectivity index (χ0) is 30.4. The SMILES string of the molecule is CCN(c1c(Br)cc(C(C)(C)C)cc1NC(=O)Nc1ccc(OCCN2CCOCC2)c2ccccc12)N1CCOCC1. The molecule has 0 atom stereocenters. The third-order valence-corrected chi connectivity index (χ3v) is 8.57. The van der Waals surface area contributed by atoms with Crippen molar-refractivity contribution in [2.24, 2.45) is 0 Å². The second-order valence-corrected chi connectivity index (χ2v) is 12.8. The van der Waals surface area contributed by atoms with Crippen LogP contribution in [0.4, 0.5) is 21.9 Å². The Morgan fingerprint density at radius 1 is 0.930 bits per heavy atom. The molecule has 0 bridgehead atoms. The molecule has 3 aromatic rings. The van der Waals surface area contributed by atoms with Crippen molar-refractivity contribution in [1.82, 2.24) is 9.91 Å². The molecule has 9 nitrogen and oxygen atoms in total. The monoisotopic (exact) mass is 653 g/mol. The molecule has 0 aliphatic carbocycles. The summed E-state index contributed by atoms with van der Waals surface area (Å²) in [5.41, 5.74) is 3.43. The molecule has 43 heavy (non-hydrogen) atoms. The quantitative estimate of drug-likeness (QED) is 0.279. The van der Waals surface area contributed by atoms with Crippen LogP contribution in [-0.4, -0.2) is 88.2 Å². The molecule has 2 saturated heterocycles. The predicted octanol–water partition coefficient (Wildman–Crippen LogP) is 6.33. The number of nitrogens with zero attached hydrogens (tertiary/aromatic N) is 3. The number of anilines is 3. The lowest BCUT2D eigenvalue weighted by Crippen LogP contribution is -2.49. The molecule has 0 spiro atoms. The summed E-state index contributed by atoms with van der Waals surface area (Å²) in [5, 5.41) is 12.7. The fourth-order valence-electron chi connectivity index (χ4n) is 5.58. The summed E-state index contributed by atoms with van der Waals surface area (Å²) in [7, 11) is 0. The molecule has 2 aliphatic heterocycles. The van der Waals surface area contributed by atoms with Crippen LogP contribution >= 0.6 is 15.9 Å². The Balaban J connectivity index is 1.37. The van der Waals surface area contributed by atoms with Gasteiger partial charge in [0.05, 0.1) is 43.5 Å². The summed E-state index contributed by atoms with van der Waals surface area (Å²) in [4.78, 5) is 16.0. The van der Waals surface area contributed by atoms with Crippen molar-refractivity contribution < 1.29 is 19.0 Å². The Labute approximate surface area is 263 Å². The summed E-state index contributed by atoms with van der Waals surface area (Å²) >= 11 is 3.85. The van der Waals surface area contributed by atoms with Crippen molar-refractivity contribution >= 4 is 49.8 Å². The van der Waals surface area contributed by atoms with Crippen molar-refractivity contribution in [3.8, 4) is 5.75 Å². The summed E-state index contributed by atoms with van der Waals surface area (Å²) < 4.78 is 18.2. The van der Waals surface area contributed by atoms with E-state index in [1.54, 1.807) is 0 Å². The number of hydrazine groups is 1. The fourth-order valence-corrected chi connectivity index (χ4v) is 6.24. The van der Waals surface area contributed by atoms with E-state index in [0.29, 0.717) is 19.8 Å². The molecule has 0 radical (unpaired) electrons. The van der Waals surface area contributed by atoms with E-state index in [1.165, 1.54) is 0 Å². The number of benzene rings is 3. The number of halogens is 1. The minimum atomic E-state index is -0.302. The molecule has 232 valence electrons. The van der Waals surface area contributed by atoms with Crippen molar-refractivity contribution in [1.29, 1.82) is 0 Å². The van der Waals surface area contributed by atoms with Gasteiger partial charge in [0.25, 0.3) is 0 Å². The topological polar surface area (TPSA) is 78.5 Å². The van der Waals surface area contributed by atoms with E-state index in [2.05, 4.69) is 81.3 Å². The van der Waals surface area contributed by atoms with Crippen LogP contribution in [-0.2, 0) is 14.9 Å². The first-order chi connectivity index (χ1) is 20.7. The summed E-state index contributed by atoms with van der Waals surface area (Å²) in [6.07, 6.45) is 0. The van der Waals surface area contributed by atoms with E-state index in [-0.39, 0.29) is 11.4 Å². The van der Waals surface area contributed by atoms with E-state index in [9.17, 15) is 4.79 Å². The average molecular weight is 655 g/mol. The molecule has 2 N–H and O–H groups in total. The lowest BCUT2D eigenvalue weighted by atomic mass is 9.86. The van der Waals surface area contributed by atoms with Gasteiger partial charge in [0.2, 0.25) is 0 Å². The van der Waals surface area contributed by atoms with Crippen LogP contribution in [0.15, 0.2) is 53.0 Å². The Morgan fingerprint density at radius 3 is 2.26 bits per heavy atom. The fraction of sp³-hybridized carbons (Fsp3) is 0.485. The molecular weight excluding hydrogens is 610 g/mol. The Bertz CT molecular complexity index is 1400. The third-order valence-electron chi connectivity index (χ3n) is 7.97. The van der Waals surface area contributed by atoms with Crippen LogP contribution in [0.5, 0.6) is 5.75 Å². The van der Waals surface area contributed by atoms with Crippen molar-refractivity contribution in [2.45, 2.75) is 33.1 Å². The van der Waals surface area contributed by atoms with Crippen LogP contribution in [0.3, 0.4) is 0 Å². The second-order valence-electron chi connectivity index (χ2n) is 11.9. The molecule has 0 aromatic heterocycles. The van der Waals surface area contributed by atoms with Gasteiger partial charge in [-0.15, -0.1) is 0 Å². The van der Waals surface area contributed by atoms with Crippen molar-refractivity contribution in [3.63, 3.8) is 0 Å². The highest BCUT2D eigenvalue weighted by Gasteiger charge is 2.26. The van der Waals surface area contributed by atoms with Gasteiger partial charge in [-0.2, -0.15) is 0 Å². The van der Waals surface area contributed by atoms with Crippen LogP contribution in [0.1, 0.15) is 33.3 Å². The van der Waals surface area contributed by atoms with Gasteiger partial charge in [-0.25, -0.2) is 9.80 Å². The molecule has 0 unspecified atom stereocenters. The first kappa shape index (κ1) is 31.5. The highest BCUT2D eigenvalue weighted by molar-refractivity contribution is 9.10. The summed E-state index contributed by atoms with van der Waals surface area (Å²) in [5.74, 6) is 0.808. The maximum atomic E-state index is 13.6. The van der Waals surface area contributed by atoms with E-state index in [1.807, 2.05) is 36.4 Å². The van der Waals surface area contributed by atoms with Crippen LogP contribution in [0.25, 0.3) is 10.8 Å². The van der Waals surface area contributed by atoms with Gasteiger partial charge in [0.15, 0.2) is 0 Å². The number of hydrogen-bond acceptors (Lipinski definition) is 7. The maximum absolute atomic E-state index is 13.6.